The molecule has 1 N–H and O–H groups in total. The van der Waals surface area contributed by atoms with Gasteiger partial charge in [-0.3, -0.25) is 4.99 Å². The number of nitrogens with one attached hydrogen (secondary N) is 1. The molecule has 2 aliphatic heterocycles. The van der Waals surface area contributed by atoms with Crippen LogP contribution in [-0.2, 0) is 4.74 Å². The summed E-state index contributed by atoms with van der Waals surface area (Å²) in [5, 5.41) is 4.25. The van der Waals surface area contributed by atoms with Crippen molar-refractivity contribution >= 4 is 47.2 Å². The Morgan fingerprint density at radius 1 is 1.36 bits per heavy atom. The van der Waals surface area contributed by atoms with Crippen LogP contribution in [0.1, 0.15) is 25.3 Å². The van der Waals surface area contributed by atoms with Crippen molar-refractivity contribution in [3.05, 3.63) is 28.8 Å². The van der Waals surface area contributed by atoms with Gasteiger partial charge in [-0.2, -0.15) is 0 Å². The molecule has 3 rings (SSSR count). The number of rotatable bonds is 6. The third-order valence-corrected chi connectivity index (χ3v) is 5.78. The fourth-order valence-electron chi connectivity index (χ4n) is 4.01. The van der Waals surface area contributed by atoms with Gasteiger partial charge in [-0.15, -0.1) is 24.0 Å². The van der Waals surface area contributed by atoms with E-state index in [1.165, 1.54) is 17.7 Å². The second kappa shape index (κ2) is 11.5. The smallest absolute Gasteiger partial charge is 0.193 e. The molecular formula is C21H34ClIN4O. The Bertz CT molecular complexity index is 651. The van der Waals surface area contributed by atoms with Crippen LogP contribution < -0.4 is 10.2 Å². The summed E-state index contributed by atoms with van der Waals surface area (Å²) in [6, 6.07) is 6.16. The van der Waals surface area contributed by atoms with Crippen LogP contribution in [0.2, 0.25) is 5.02 Å². The summed E-state index contributed by atoms with van der Waals surface area (Å²) in [4.78, 5) is 9.66. The molecule has 7 heteroatoms. The van der Waals surface area contributed by atoms with Crippen LogP contribution in [0.3, 0.4) is 0 Å². The van der Waals surface area contributed by atoms with E-state index in [4.69, 9.17) is 21.3 Å². The van der Waals surface area contributed by atoms with E-state index in [2.05, 4.69) is 48.1 Å². The summed E-state index contributed by atoms with van der Waals surface area (Å²) in [5.41, 5.74) is 2.55. The predicted octanol–water partition coefficient (Wildman–Crippen LogP) is 4.03. The van der Waals surface area contributed by atoms with Crippen LogP contribution >= 0.6 is 35.6 Å². The molecule has 2 heterocycles. The zero-order chi connectivity index (χ0) is 19.2. The lowest BCUT2D eigenvalue weighted by Gasteiger charge is -2.25. The van der Waals surface area contributed by atoms with E-state index in [9.17, 15) is 0 Å². The number of hydrogen-bond acceptors (Lipinski definition) is 3. The molecule has 0 radical (unpaired) electrons. The number of guanidine groups is 1. The highest BCUT2D eigenvalue weighted by Crippen LogP contribution is 2.29. The number of aliphatic imine (C=N–C) groups is 1. The maximum absolute atomic E-state index is 6.20. The molecule has 2 fully saturated rings. The van der Waals surface area contributed by atoms with Crippen LogP contribution in [0.15, 0.2) is 23.2 Å². The molecule has 0 saturated carbocycles. The second-order valence-electron chi connectivity index (χ2n) is 7.84. The number of nitrogens with zero attached hydrogens (tertiary/aromatic N) is 3. The molecule has 1 aromatic rings. The first kappa shape index (κ1) is 23.5. The lowest BCUT2D eigenvalue weighted by atomic mass is 10.1. The van der Waals surface area contributed by atoms with E-state index >= 15 is 0 Å². The molecule has 2 atom stereocenters. The van der Waals surface area contributed by atoms with E-state index in [0.29, 0.717) is 11.8 Å². The van der Waals surface area contributed by atoms with Crippen molar-refractivity contribution in [2.75, 3.05) is 57.9 Å². The van der Waals surface area contributed by atoms with Gasteiger partial charge in [-0.05, 0) is 50.3 Å². The number of benzene rings is 1. The molecule has 0 aliphatic carbocycles. The van der Waals surface area contributed by atoms with Gasteiger partial charge in [0.2, 0.25) is 0 Å². The zero-order valence-electron chi connectivity index (χ0n) is 17.3. The maximum Gasteiger partial charge on any atom is 0.193 e. The Balaban J connectivity index is 0.00000280. The fraction of sp³-hybridized carbons (Fsp3) is 0.667. The SMILES string of the molecule is CCNC(=NCC1CCN(c2cc(Cl)ccc2C)C1)N(C)CC1CCOC1.I. The van der Waals surface area contributed by atoms with Crippen LogP contribution in [0.25, 0.3) is 0 Å². The van der Waals surface area contributed by atoms with Gasteiger partial charge in [0.15, 0.2) is 5.96 Å². The normalized spacial score (nSPS) is 22.3. The summed E-state index contributed by atoms with van der Waals surface area (Å²) in [5.74, 6) is 2.22. The summed E-state index contributed by atoms with van der Waals surface area (Å²) < 4.78 is 5.51. The first-order valence-corrected chi connectivity index (χ1v) is 10.5. The van der Waals surface area contributed by atoms with Crippen LogP contribution in [0.4, 0.5) is 5.69 Å². The number of ether oxygens (including phenoxy) is 1. The van der Waals surface area contributed by atoms with Gasteiger partial charge in [-0.1, -0.05) is 17.7 Å². The third-order valence-electron chi connectivity index (χ3n) is 5.55. The molecule has 0 bridgehead atoms. The van der Waals surface area contributed by atoms with E-state index in [1.807, 2.05) is 6.07 Å². The number of aryl methyl sites for hydroxylation is 1. The lowest BCUT2D eigenvalue weighted by molar-refractivity contribution is 0.181. The first-order valence-electron chi connectivity index (χ1n) is 10.1. The average Bonchev–Trinajstić information content (AvgIpc) is 3.32. The predicted molar refractivity (Wildman–Crippen MR) is 129 cm³/mol. The summed E-state index contributed by atoms with van der Waals surface area (Å²) in [6.45, 7) is 10.9. The minimum Gasteiger partial charge on any atom is -0.381 e. The van der Waals surface area contributed by atoms with Gasteiger partial charge in [0.05, 0.1) is 6.61 Å². The van der Waals surface area contributed by atoms with Gasteiger partial charge in [-0.25, -0.2) is 0 Å². The van der Waals surface area contributed by atoms with Crippen molar-refractivity contribution in [3.63, 3.8) is 0 Å². The topological polar surface area (TPSA) is 40.1 Å². The highest BCUT2D eigenvalue weighted by Gasteiger charge is 2.24. The van der Waals surface area contributed by atoms with Gasteiger partial charge in [0.25, 0.3) is 0 Å². The fourth-order valence-corrected chi connectivity index (χ4v) is 4.18. The second-order valence-corrected chi connectivity index (χ2v) is 8.27. The molecule has 2 aliphatic rings. The molecule has 2 saturated heterocycles. The quantitative estimate of drug-likeness (QED) is 0.349. The molecule has 2 unspecified atom stereocenters. The third kappa shape index (κ3) is 6.39. The van der Waals surface area contributed by atoms with Gasteiger partial charge >= 0.3 is 0 Å². The van der Waals surface area contributed by atoms with Crippen molar-refractivity contribution in [3.8, 4) is 0 Å². The van der Waals surface area contributed by atoms with E-state index in [0.717, 1.165) is 63.3 Å². The summed E-state index contributed by atoms with van der Waals surface area (Å²) in [6.07, 6.45) is 2.33. The van der Waals surface area contributed by atoms with E-state index < -0.39 is 0 Å². The lowest BCUT2D eigenvalue weighted by Crippen LogP contribution is -2.41. The molecule has 0 amide bonds. The van der Waals surface area contributed by atoms with Crippen molar-refractivity contribution < 1.29 is 4.74 Å². The molecule has 28 heavy (non-hydrogen) atoms. The minimum atomic E-state index is 0. The van der Waals surface area contributed by atoms with Crippen LogP contribution in [0, 0.1) is 18.8 Å². The van der Waals surface area contributed by atoms with Gasteiger partial charge in [0, 0.05) is 63.0 Å². The molecular weight excluding hydrogens is 487 g/mol. The molecule has 5 nitrogen and oxygen atoms in total. The van der Waals surface area contributed by atoms with Crippen LogP contribution in [0.5, 0.6) is 0 Å². The highest BCUT2D eigenvalue weighted by atomic mass is 127. The minimum absolute atomic E-state index is 0. The largest absolute Gasteiger partial charge is 0.381 e. The monoisotopic (exact) mass is 520 g/mol. The standard InChI is InChI=1S/C21H33ClN4O.HI/c1-4-23-21(25(3)13-18-8-10-27-15-18)24-12-17-7-9-26(14-17)20-11-19(22)6-5-16(20)2;/h5-6,11,17-18H,4,7-10,12-15H2,1-3H3,(H,23,24);1H. The summed E-state index contributed by atoms with van der Waals surface area (Å²) in [7, 11) is 2.14. The van der Waals surface area contributed by atoms with Crippen molar-refractivity contribution in [1.82, 2.24) is 10.2 Å². The Kier molecular flexibility index (Phi) is 9.63. The van der Waals surface area contributed by atoms with E-state index in [-0.39, 0.29) is 24.0 Å². The average molecular weight is 521 g/mol. The molecule has 1 aromatic carbocycles. The summed E-state index contributed by atoms with van der Waals surface area (Å²) >= 11 is 6.20. The first-order chi connectivity index (χ1) is 13.1. The van der Waals surface area contributed by atoms with Crippen molar-refractivity contribution in [2.24, 2.45) is 16.8 Å². The Hall–Kier alpha value is -0.730. The Morgan fingerprint density at radius 2 is 2.18 bits per heavy atom. The Morgan fingerprint density at radius 3 is 2.89 bits per heavy atom. The zero-order valence-corrected chi connectivity index (χ0v) is 20.4. The van der Waals surface area contributed by atoms with Gasteiger partial charge in [0.1, 0.15) is 0 Å². The molecule has 0 spiro atoms. The number of halogens is 2. The van der Waals surface area contributed by atoms with Crippen molar-refractivity contribution in [1.29, 1.82) is 0 Å². The molecule has 158 valence electrons. The highest BCUT2D eigenvalue weighted by molar-refractivity contribution is 14.0. The number of hydrogen-bond donors (Lipinski definition) is 1. The van der Waals surface area contributed by atoms with E-state index in [1.54, 1.807) is 0 Å². The maximum atomic E-state index is 6.20. The van der Waals surface area contributed by atoms with Crippen LogP contribution in [-0.4, -0.2) is 63.8 Å². The van der Waals surface area contributed by atoms with Crippen molar-refractivity contribution in [2.45, 2.75) is 26.7 Å². The molecule has 0 aromatic heterocycles. The number of anilines is 1. The Labute approximate surface area is 191 Å². The van der Waals surface area contributed by atoms with Gasteiger partial charge < -0.3 is 19.9 Å².